The van der Waals surface area contributed by atoms with Crippen LogP contribution in [0.15, 0.2) is 4.99 Å². The average Bonchev–Trinajstić information content (AvgIpc) is 3.04. The molecule has 3 rings (SSSR count). The molecule has 19 heavy (non-hydrogen) atoms. The lowest BCUT2D eigenvalue weighted by Crippen LogP contribution is -2.45. The maximum absolute atomic E-state index is 5.74. The van der Waals surface area contributed by atoms with Gasteiger partial charge in [-0.05, 0) is 25.7 Å². The number of hydrogen-bond donors (Lipinski definition) is 1. The maximum atomic E-state index is 5.74. The highest BCUT2D eigenvalue weighted by Gasteiger charge is 2.38. The molecule has 1 aliphatic carbocycles. The Hall–Kier alpha value is -0.220. The standard InChI is InChI=1S/C15H26N2OS/c1-2-13-12(6-9-18-13)10-16-14-17-15(11-19-14)7-4-3-5-8-15/h12-13H,2-11H2,1H3,(H,16,17). The molecular weight excluding hydrogens is 256 g/mol. The first kappa shape index (κ1) is 13.7. The summed E-state index contributed by atoms with van der Waals surface area (Å²) in [5, 5.41) is 4.93. The minimum Gasteiger partial charge on any atom is -0.378 e. The van der Waals surface area contributed by atoms with E-state index in [0.717, 1.165) is 19.6 Å². The lowest BCUT2D eigenvalue weighted by molar-refractivity contribution is 0.0893. The number of thioether (sulfide) groups is 1. The Morgan fingerprint density at radius 1 is 1.37 bits per heavy atom. The Bertz CT molecular complexity index is 339. The Labute approximate surface area is 121 Å². The molecule has 0 bridgehead atoms. The molecule has 3 aliphatic rings. The van der Waals surface area contributed by atoms with Crippen LogP contribution in [-0.2, 0) is 4.74 Å². The molecule has 3 nitrogen and oxygen atoms in total. The molecule has 0 aromatic rings. The quantitative estimate of drug-likeness (QED) is 0.863. The summed E-state index contributed by atoms with van der Waals surface area (Å²) in [6, 6.07) is 0. The summed E-state index contributed by atoms with van der Waals surface area (Å²) in [5.41, 5.74) is 0.387. The summed E-state index contributed by atoms with van der Waals surface area (Å²) in [4.78, 5) is 4.84. The maximum Gasteiger partial charge on any atom is 0.157 e. The lowest BCUT2D eigenvalue weighted by atomic mass is 9.83. The lowest BCUT2D eigenvalue weighted by Gasteiger charge is -2.32. The molecule has 1 spiro atoms. The van der Waals surface area contributed by atoms with Gasteiger partial charge in [0.15, 0.2) is 5.17 Å². The predicted octanol–water partition coefficient (Wildman–Crippen LogP) is 3.20. The number of ether oxygens (including phenoxy) is 1. The van der Waals surface area contributed by atoms with Crippen LogP contribution in [0.25, 0.3) is 0 Å². The fourth-order valence-electron chi connectivity index (χ4n) is 3.64. The van der Waals surface area contributed by atoms with Gasteiger partial charge in [-0.25, -0.2) is 0 Å². The van der Waals surface area contributed by atoms with E-state index in [1.165, 1.54) is 49.4 Å². The van der Waals surface area contributed by atoms with Crippen molar-refractivity contribution in [3.05, 3.63) is 0 Å². The van der Waals surface area contributed by atoms with Gasteiger partial charge in [0.1, 0.15) is 0 Å². The second-order valence-corrected chi connectivity index (χ2v) is 7.23. The summed E-state index contributed by atoms with van der Waals surface area (Å²) in [5.74, 6) is 1.87. The molecule has 0 aromatic heterocycles. The van der Waals surface area contributed by atoms with E-state index in [0.29, 0.717) is 17.6 Å². The second-order valence-electron chi connectivity index (χ2n) is 6.27. The van der Waals surface area contributed by atoms with Crippen molar-refractivity contribution >= 4 is 16.9 Å². The summed E-state index contributed by atoms with van der Waals surface area (Å²) in [7, 11) is 0. The van der Waals surface area contributed by atoms with Crippen molar-refractivity contribution in [2.24, 2.45) is 10.9 Å². The number of nitrogens with zero attached hydrogens (tertiary/aromatic N) is 1. The van der Waals surface area contributed by atoms with Crippen molar-refractivity contribution in [1.29, 1.82) is 0 Å². The van der Waals surface area contributed by atoms with Crippen LogP contribution in [0.2, 0.25) is 0 Å². The fraction of sp³-hybridized carbons (Fsp3) is 0.933. The minimum absolute atomic E-state index is 0.387. The monoisotopic (exact) mass is 282 g/mol. The van der Waals surface area contributed by atoms with Crippen molar-refractivity contribution in [3.63, 3.8) is 0 Å². The molecule has 1 N–H and O–H groups in total. The zero-order valence-corrected chi connectivity index (χ0v) is 12.8. The van der Waals surface area contributed by atoms with Crippen molar-refractivity contribution in [3.8, 4) is 0 Å². The molecule has 3 fully saturated rings. The topological polar surface area (TPSA) is 33.6 Å². The largest absolute Gasteiger partial charge is 0.378 e. The van der Waals surface area contributed by atoms with Gasteiger partial charge in [-0.15, -0.1) is 0 Å². The van der Waals surface area contributed by atoms with Gasteiger partial charge in [0.05, 0.1) is 6.10 Å². The molecule has 0 amide bonds. The second kappa shape index (κ2) is 6.04. The molecule has 0 radical (unpaired) electrons. The molecule has 2 saturated heterocycles. The van der Waals surface area contributed by atoms with Crippen LogP contribution >= 0.6 is 11.8 Å². The Morgan fingerprint density at radius 2 is 2.21 bits per heavy atom. The molecule has 108 valence electrons. The van der Waals surface area contributed by atoms with Crippen LogP contribution in [0.1, 0.15) is 51.9 Å². The third-order valence-electron chi connectivity index (χ3n) is 4.89. The van der Waals surface area contributed by atoms with Gasteiger partial charge in [-0.1, -0.05) is 37.9 Å². The van der Waals surface area contributed by atoms with Crippen molar-refractivity contribution in [1.82, 2.24) is 5.32 Å². The van der Waals surface area contributed by atoms with E-state index < -0.39 is 0 Å². The summed E-state index contributed by atoms with van der Waals surface area (Å²) in [6.07, 6.45) is 9.61. The molecule has 2 unspecified atom stereocenters. The van der Waals surface area contributed by atoms with E-state index in [-0.39, 0.29) is 0 Å². The van der Waals surface area contributed by atoms with E-state index in [2.05, 4.69) is 12.2 Å². The Balaban J connectivity index is 1.54. The van der Waals surface area contributed by atoms with E-state index in [4.69, 9.17) is 9.73 Å². The Morgan fingerprint density at radius 3 is 3.00 bits per heavy atom. The van der Waals surface area contributed by atoms with Gasteiger partial charge in [0.25, 0.3) is 0 Å². The molecule has 2 aliphatic heterocycles. The number of aliphatic imine (C=N–C) groups is 1. The van der Waals surface area contributed by atoms with E-state index >= 15 is 0 Å². The third kappa shape index (κ3) is 3.10. The van der Waals surface area contributed by atoms with Crippen LogP contribution in [0.4, 0.5) is 0 Å². The van der Waals surface area contributed by atoms with Gasteiger partial charge < -0.3 is 10.1 Å². The summed E-state index contributed by atoms with van der Waals surface area (Å²) in [6.45, 7) is 4.10. The first-order chi connectivity index (χ1) is 9.31. The highest BCUT2D eigenvalue weighted by atomic mass is 32.2. The fourth-order valence-corrected chi connectivity index (χ4v) is 4.87. The minimum atomic E-state index is 0.387. The smallest absolute Gasteiger partial charge is 0.157 e. The van der Waals surface area contributed by atoms with Gasteiger partial charge in [-0.2, -0.15) is 0 Å². The van der Waals surface area contributed by atoms with Crippen LogP contribution in [-0.4, -0.2) is 35.7 Å². The summed E-state index contributed by atoms with van der Waals surface area (Å²) < 4.78 is 5.74. The molecule has 2 atom stereocenters. The van der Waals surface area contributed by atoms with Crippen LogP contribution in [0.3, 0.4) is 0 Å². The molecule has 1 saturated carbocycles. The number of nitrogens with one attached hydrogen (secondary N) is 1. The van der Waals surface area contributed by atoms with Gasteiger partial charge in [0, 0.05) is 30.4 Å². The molecular formula is C15H26N2OS. The molecule has 4 heteroatoms. The third-order valence-corrected chi connectivity index (χ3v) is 6.09. The van der Waals surface area contributed by atoms with Gasteiger partial charge in [0.2, 0.25) is 0 Å². The number of hydrogen-bond acceptors (Lipinski definition) is 3. The normalized spacial score (nSPS) is 35.9. The molecule has 2 heterocycles. The van der Waals surface area contributed by atoms with Crippen molar-refractivity contribution in [2.45, 2.75) is 63.5 Å². The van der Waals surface area contributed by atoms with Gasteiger partial charge >= 0.3 is 0 Å². The highest BCUT2D eigenvalue weighted by molar-refractivity contribution is 8.14. The zero-order valence-electron chi connectivity index (χ0n) is 12.0. The number of amidine groups is 1. The Kier molecular flexibility index (Phi) is 4.37. The first-order valence-corrected chi connectivity index (χ1v) is 8.87. The highest BCUT2D eigenvalue weighted by Crippen LogP contribution is 2.36. The first-order valence-electron chi connectivity index (χ1n) is 7.88. The van der Waals surface area contributed by atoms with E-state index in [9.17, 15) is 0 Å². The molecule has 0 aromatic carbocycles. The predicted molar refractivity (Wildman–Crippen MR) is 81.8 cm³/mol. The van der Waals surface area contributed by atoms with Gasteiger partial charge in [-0.3, -0.25) is 4.99 Å². The SMILES string of the molecule is CCC1OCCC1CN=C1NC2(CCCCC2)CS1. The van der Waals surface area contributed by atoms with E-state index in [1.807, 2.05) is 11.8 Å². The van der Waals surface area contributed by atoms with Crippen molar-refractivity contribution < 1.29 is 4.74 Å². The van der Waals surface area contributed by atoms with Crippen LogP contribution < -0.4 is 5.32 Å². The van der Waals surface area contributed by atoms with E-state index in [1.54, 1.807) is 0 Å². The number of rotatable bonds is 3. The van der Waals surface area contributed by atoms with Crippen LogP contribution in [0, 0.1) is 5.92 Å². The summed E-state index contributed by atoms with van der Waals surface area (Å²) >= 11 is 1.94. The van der Waals surface area contributed by atoms with Crippen molar-refractivity contribution in [2.75, 3.05) is 18.9 Å². The average molecular weight is 282 g/mol. The zero-order chi connectivity index (χ0) is 13.1. The van der Waals surface area contributed by atoms with Crippen LogP contribution in [0.5, 0.6) is 0 Å².